The summed E-state index contributed by atoms with van der Waals surface area (Å²) in [4.78, 5) is 24.3. The van der Waals surface area contributed by atoms with Gasteiger partial charge in [0.1, 0.15) is 16.7 Å². The summed E-state index contributed by atoms with van der Waals surface area (Å²) < 4.78 is 156. The summed E-state index contributed by atoms with van der Waals surface area (Å²) in [5.74, 6) is -2.61. The number of nitrogens with one attached hydrogen (secondary N) is 1. The standard InChI is InChI=1S/C23H20F9N3O6S/c24-21(25,26)11-40-12-1-2-15(14(7-12)22(27,28)29)42(38,39)13-8-16(41-18(37)34-19(10-33)3-4-19)35(9-13)17(36)20(5-6-20)23(30,31)32/h1-2,7,13,16H,3-6,8-9,11H2,(H,34,37)/t13-,16+/m1/s1. The molecule has 1 N–H and O–H groups in total. The highest BCUT2D eigenvalue weighted by Gasteiger charge is 2.70. The summed E-state index contributed by atoms with van der Waals surface area (Å²) in [6, 6.07) is 2.67. The molecule has 4 rings (SSSR count). The van der Waals surface area contributed by atoms with Crippen LogP contribution in [0.15, 0.2) is 23.1 Å². The second-order valence-electron chi connectivity index (χ2n) is 10.2. The number of ether oxygens (including phenoxy) is 2. The zero-order chi connectivity index (χ0) is 31.5. The van der Waals surface area contributed by atoms with E-state index in [0.717, 1.165) is 0 Å². The van der Waals surface area contributed by atoms with Crippen LogP contribution in [0.5, 0.6) is 5.75 Å². The Labute approximate surface area is 231 Å². The predicted molar refractivity (Wildman–Crippen MR) is 119 cm³/mol. The first kappa shape index (κ1) is 31.5. The number of hydrogen-bond donors (Lipinski definition) is 1. The lowest BCUT2D eigenvalue weighted by Crippen LogP contribution is -2.49. The summed E-state index contributed by atoms with van der Waals surface area (Å²) >= 11 is 0. The molecule has 0 spiro atoms. The number of benzene rings is 1. The molecule has 19 heteroatoms. The van der Waals surface area contributed by atoms with E-state index >= 15 is 0 Å². The maximum Gasteiger partial charge on any atom is 0.422 e. The molecule has 2 atom stereocenters. The van der Waals surface area contributed by atoms with Crippen LogP contribution in [0.1, 0.15) is 37.7 Å². The van der Waals surface area contributed by atoms with E-state index in [-0.39, 0.29) is 18.9 Å². The highest BCUT2D eigenvalue weighted by atomic mass is 32.2. The fraction of sp³-hybridized carbons (Fsp3) is 0.609. The van der Waals surface area contributed by atoms with Gasteiger partial charge in [-0.1, -0.05) is 0 Å². The lowest BCUT2D eigenvalue weighted by atomic mass is 10.1. The molecule has 0 unspecified atom stereocenters. The van der Waals surface area contributed by atoms with Gasteiger partial charge in [-0.2, -0.15) is 44.8 Å². The maximum atomic E-state index is 13.8. The number of likely N-dealkylation sites (tertiary alicyclic amines) is 1. The summed E-state index contributed by atoms with van der Waals surface area (Å²) in [6.45, 7) is -3.07. The Bertz CT molecular complexity index is 1410. The van der Waals surface area contributed by atoms with Crippen LogP contribution >= 0.6 is 0 Å². The minimum Gasteiger partial charge on any atom is -0.484 e. The topological polar surface area (TPSA) is 126 Å². The smallest absolute Gasteiger partial charge is 0.422 e. The first-order chi connectivity index (χ1) is 19.1. The van der Waals surface area contributed by atoms with E-state index in [0.29, 0.717) is 17.0 Å². The van der Waals surface area contributed by atoms with E-state index in [2.05, 4.69) is 10.1 Å². The second-order valence-corrected chi connectivity index (χ2v) is 12.4. The average molecular weight is 637 g/mol. The molecule has 9 nitrogen and oxygen atoms in total. The molecule has 0 aromatic heterocycles. The van der Waals surface area contributed by atoms with Gasteiger partial charge in [0.05, 0.1) is 21.8 Å². The van der Waals surface area contributed by atoms with Gasteiger partial charge in [-0.05, 0) is 43.9 Å². The quantitative estimate of drug-likeness (QED) is 0.438. The molecular formula is C23H20F9N3O6S. The molecular weight excluding hydrogens is 617 g/mol. The third-order valence-corrected chi connectivity index (χ3v) is 9.32. The predicted octanol–water partition coefficient (Wildman–Crippen LogP) is 4.47. The van der Waals surface area contributed by atoms with Gasteiger partial charge in [-0.25, -0.2) is 13.2 Å². The van der Waals surface area contributed by atoms with Crippen molar-refractivity contribution in [2.24, 2.45) is 5.41 Å². The third kappa shape index (κ3) is 6.17. The zero-order valence-corrected chi connectivity index (χ0v) is 21.8. The number of halogens is 9. The van der Waals surface area contributed by atoms with Crippen LogP contribution in [0, 0.1) is 16.7 Å². The van der Waals surface area contributed by atoms with Crippen molar-refractivity contribution in [3.63, 3.8) is 0 Å². The summed E-state index contributed by atoms with van der Waals surface area (Å²) in [6.07, 6.45) is -20.6. The van der Waals surface area contributed by atoms with E-state index in [1.807, 2.05) is 0 Å². The number of sulfone groups is 1. The van der Waals surface area contributed by atoms with Crippen LogP contribution in [0.3, 0.4) is 0 Å². The van der Waals surface area contributed by atoms with Crippen LogP contribution in [-0.4, -0.2) is 67.8 Å². The molecule has 3 fully saturated rings. The summed E-state index contributed by atoms with van der Waals surface area (Å²) in [5, 5.41) is 9.26. The minimum absolute atomic E-state index is 0.0255. The molecule has 1 aliphatic heterocycles. The Morgan fingerprint density at radius 3 is 2.14 bits per heavy atom. The van der Waals surface area contributed by atoms with Crippen molar-refractivity contribution >= 4 is 21.8 Å². The van der Waals surface area contributed by atoms with Gasteiger partial charge in [0.25, 0.3) is 0 Å². The van der Waals surface area contributed by atoms with E-state index in [4.69, 9.17) is 10.00 Å². The van der Waals surface area contributed by atoms with Crippen molar-refractivity contribution < 1.29 is 67.0 Å². The lowest BCUT2D eigenvalue weighted by molar-refractivity contribution is -0.201. The first-order valence-electron chi connectivity index (χ1n) is 12.1. The number of carbonyl (C=O) groups excluding carboxylic acids is 2. The fourth-order valence-corrected chi connectivity index (χ4v) is 6.36. The molecule has 1 saturated heterocycles. The van der Waals surface area contributed by atoms with Crippen LogP contribution in [0.4, 0.5) is 44.3 Å². The van der Waals surface area contributed by atoms with Crippen molar-refractivity contribution in [3.8, 4) is 11.8 Å². The lowest BCUT2D eigenvalue weighted by Gasteiger charge is -2.29. The van der Waals surface area contributed by atoms with Crippen LogP contribution in [-0.2, 0) is 25.5 Å². The van der Waals surface area contributed by atoms with Gasteiger partial charge in [-0.3, -0.25) is 4.79 Å². The molecule has 1 heterocycles. The number of alkyl halides is 9. The molecule has 2 aliphatic carbocycles. The van der Waals surface area contributed by atoms with E-state index in [1.165, 1.54) is 0 Å². The average Bonchev–Trinajstić information content (AvgIpc) is 3.78. The Balaban J connectivity index is 1.66. The highest BCUT2D eigenvalue weighted by molar-refractivity contribution is 7.92. The maximum absolute atomic E-state index is 13.8. The first-order valence-corrected chi connectivity index (χ1v) is 13.6. The number of hydrogen-bond acceptors (Lipinski definition) is 7. The minimum atomic E-state index is -5.44. The van der Waals surface area contributed by atoms with Crippen LogP contribution < -0.4 is 10.1 Å². The number of alkyl carbamates (subject to hydrolysis) is 1. The summed E-state index contributed by atoms with van der Waals surface area (Å²) in [7, 11) is -5.17. The molecule has 0 radical (unpaired) electrons. The number of rotatable bonds is 7. The molecule has 42 heavy (non-hydrogen) atoms. The molecule has 3 aliphatic rings. The third-order valence-electron chi connectivity index (χ3n) is 7.13. The van der Waals surface area contributed by atoms with Gasteiger partial charge in [-0.15, -0.1) is 0 Å². The summed E-state index contributed by atoms with van der Waals surface area (Å²) in [5.41, 5.74) is -6.14. The Kier molecular flexibility index (Phi) is 7.57. The highest BCUT2D eigenvalue weighted by Crippen LogP contribution is 2.59. The Hall–Kier alpha value is -3.43. The Morgan fingerprint density at radius 1 is 1.05 bits per heavy atom. The fourth-order valence-electron chi connectivity index (χ4n) is 4.48. The van der Waals surface area contributed by atoms with Gasteiger partial charge in [0, 0.05) is 13.0 Å². The van der Waals surface area contributed by atoms with Crippen molar-refractivity contribution in [1.82, 2.24) is 10.2 Å². The number of nitrogens with zero attached hydrogens (tertiary/aromatic N) is 2. The van der Waals surface area contributed by atoms with Gasteiger partial charge < -0.3 is 19.7 Å². The van der Waals surface area contributed by atoms with Crippen molar-refractivity contribution in [2.75, 3.05) is 13.2 Å². The normalized spacial score (nSPS) is 23.1. The van der Waals surface area contributed by atoms with Crippen molar-refractivity contribution in [1.29, 1.82) is 5.26 Å². The molecule has 1 aromatic rings. The van der Waals surface area contributed by atoms with E-state index < -0.39 is 111 Å². The molecule has 0 bridgehead atoms. The molecule has 1 aromatic carbocycles. The Morgan fingerprint density at radius 2 is 1.67 bits per heavy atom. The van der Waals surface area contributed by atoms with E-state index in [1.54, 1.807) is 6.07 Å². The van der Waals surface area contributed by atoms with Crippen molar-refractivity contribution in [2.45, 2.75) is 72.5 Å². The van der Waals surface area contributed by atoms with Crippen LogP contribution in [0.2, 0.25) is 0 Å². The number of carbonyl (C=O) groups is 2. The monoisotopic (exact) mass is 637 g/mol. The second kappa shape index (κ2) is 10.1. The van der Waals surface area contributed by atoms with E-state index in [9.17, 15) is 57.5 Å². The zero-order valence-electron chi connectivity index (χ0n) is 21.0. The number of nitriles is 1. The SMILES string of the molecule is N#CC1(NC(=O)O[C@H]2C[C@@H](S(=O)(=O)c3ccc(OCC(F)(F)F)cc3C(F)(F)F)CN2C(=O)C2(C(F)(F)F)CC2)CC1. The number of amides is 2. The largest absolute Gasteiger partial charge is 0.484 e. The van der Waals surface area contributed by atoms with Crippen LogP contribution in [0.25, 0.3) is 0 Å². The molecule has 2 saturated carbocycles. The van der Waals surface area contributed by atoms with Gasteiger partial charge in [0.15, 0.2) is 22.7 Å². The van der Waals surface area contributed by atoms with Gasteiger partial charge >= 0.3 is 24.6 Å². The van der Waals surface area contributed by atoms with Crippen molar-refractivity contribution in [3.05, 3.63) is 23.8 Å². The van der Waals surface area contributed by atoms with Gasteiger partial charge in [0.2, 0.25) is 5.91 Å². The molecule has 232 valence electrons. The molecule has 2 amide bonds.